The van der Waals surface area contributed by atoms with Crippen molar-refractivity contribution in [2.24, 2.45) is 0 Å². The van der Waals surface area contributed by atoms with Gasteiger partial charge in [-0.1, -0.05) is 17.7 Å². The van der Waals surface area contributed by atoms with E-state index < -0.39 is 5.82 Å². The van der Waals surface area contributed by atoms with E-state index in [-0.39, 0.29) is 11.7 Å². The van der Waals surface area contributed by atoms with Crippen LogP contribution in [0.5, 0.6) is 5.75 Å². The molecule has 0 aliphatic rings. The minimum absolute atomic E-state index is 0.104. The molecule has 0 saturated carbocycles. The Morgan fingerprint density at radius 2 is 2.00 bits per heavy atom. The lowest BCUT2D eigenvalue weighted by Gasteiger charge is -2.20. The van der Waals surface area contributed by atoms with Gasteiger partial charge in [0.15, 0.2) is 11.6 Å². The van der Waals surface area contributed by atoms with Crippen LogP contribution in [-0.4, -0.2) is 29.4 Å². The second-order valence-corrected chi connectivity index (χ2v) is 6.06. The SMILES string of the molecule is CCN(Cc1ccc(OC)c(F)c1)C(=O)c1cc2cc(C)ccc2[nH]1. The highest BCUT2D eigenvalue weighted by Crippen LogP contribution is 2.21. The maximum Gasteiger partial charge on any atom is 0.270 e. The van der Waals surface area contributed by atoms with Crippen LogP contribution >= 0.6 is 0 Å². The highest BCUT2D eigenvalue weighted by molar-refractivity contribution is 5.98. The number of ether oxygens (including phenoxy) is 1. The summed E-state index contributed by atoms with van der Waals surface area (Å²) in [5.41, 5.74) is 3.34. The minimum Gasteiger partial charge on any atom is -0.494 e. The standard InChI is InChI=1S/C20H21FN2O2/c1-4-23(12-14-6-8-19(25-3)16(21)10-14)20(24)18-11-15-9-13(2)5-7-17(15)22-18/h5-11,22H,4,12H2,1-3H3. The molecule has 0 bridgehead atoms. The van der Waals surface area contributed by atoms with Crippen molar-refractivity contribution >= 4 is 16.8 Å². The lowest BCUT2D eigenvalue weighted by molar-refractivity contribution is 0.0747. The van der Waals surface area contributed by atoms with Crippen molar-refractivity contribution in [3.8, 4) is 5.75 Å². The van der Waals surface area contributed by atoms with Crippen LogP contribution in [0.4, 0.5) is 4.39 Å². The number of nitrogens with one attached hydrogen (secondary N) is 1. The molecule has 0 spiro atoms. The Morgan fingerprint density at radius 3 is 2.68 bits per heavy atom. The zero-order valence-electron chi connectivity index (χ0n) is 14.6. The maximum atomic E-state index is 13.9. The Bertz CT molecular complexity index is 917. The molecular formula is C20H21FN2O2. The molecule has 1 amide bonds. The number of rotatable bonds is 5. The second-order valence-electron chi connectivity index (χ2n) is 6.06. The number of methoxy groups -OCH3 is 1. The van der Waals surface area contributed by atoms with Gasteiger partial charge in [0.2, 0.25) is 0 Å². The number of nitrogens with zero attached hydrogens (tertiary/aromatic N) is 1. The van der Waals surface area contributed by atoms with Crippen LogP contribution in [0.1, 0.15) is 28.5 Å². The maximum absolute atomic E-state index is 13.9. The fourth-order valence-electron chi connectivity index (χ4n) is 2.89. The molecule has 25 heavy (non-hydrogen) atoms. The number of hydrogen-bond donors (Lipinski definition) is 1. The van der Waals surface area contributed by atoms with Crippen LogP contribution < -0.4 is 4.74 Å². The Kier molecular flexibility index (Phi) is 4.74. The Balaban J connectivity index is 1.83. The van der Waals surface area contributed by atoms with Gasteiger partial charge in [-0.05, 0) is 49.7 Å². The summed E-state index contributed by atoms with van der Waals surface area (Å²) < 4.78 is 18.8. The first-order valence-corrected chi connectivity index (χ1v) is 8.23. The third kappa shape index (κ3) is 3.50. The highest BCUT2D eigenvalue weighted by Gasteiger charge is 2.17. The van der Waals surface area contributed by atoms with Crippen molar-refractivity contribution in [3.63, 3.8) is 0 Å². The summed E-state index contributed by atoms with van der Waals surface area (Å²) in [6.45, 7) is 4.79. The van der Waals surface area contributed by atoms with E-state index in [0.717, 1.165) is 22.0 Å². The van der Waals surface area contributed by atoms with Crippen molar-refractivity contribution in [1.82, 2.24) is 9.88 Å². The van der Waals surface area contributed by atoms with Gasteiger partial charge < -0.3 is 14.6 Å². The number of carbonyl (C=O) groups excluding carboxylic acids is 1. The molecule has 0 saturated heterocycles. The van der Waals surface area contributed by atoms with Crippen molar-refractivity contribution in [2.75, 3.05) is 13.7 Å². The van der Waals surface area contributed by atoms with Gasteiger partial charge in [-0.15, -0.1) is 0 Å². The number of carbonyl (C=O) groups is 1. The molecule has 5 heteroatoms. The summed E-state index contributed by atoms with van der Waals surface area (Å²) in [5.74, 6) is -0.332. The van der Waals surface area contributed by atoms with Gasteiger partial charge in [-0.2, -0.15) is 0 Å². The Hall–Kier alpha value is -2.82. The van der Waals surface area contributed by atoms with Gasteiger partial charge in [0.25, 0.3) is 5.91 Å². The molecule has 0 unspecified atom stereocenters. The highest BCUT2D eigenvalue weighted by atomic mass is 19.1. The normalized spacial score (nSPS) is 10.9. The quantitative estimate of drug-likeness (QED) is 0.753. The molecule has 130 valence electrons. The predicted octanol–water partition coefficient (Wildman–Crippen LogP) is 4.29. The molecule has 0 fully saturated rings. The Morgan fingerprint density at radius 1 is 1.20 bits per heavy atom. The van der Waals surface area contributed by atoms with E-state index in [1.165, 1.54) is 13.2 Å². The van der Waals surface area contributed by atoms with Gasteiger partial charge in [-0.3, -0.25) is 4.79 Å². The summed E-state index contributed by atoms with van der Waals surface area (Å²) in [4.78, 5) is 17.7. The molecule has 1 N–H and O–H groups in total. The summed E-state index contributed by atoms with van der Waals surface area (Å²) in [7, 11) is 1.43. The van der Waals surface area contributed by atoms with Crippen LogP contribution in [0, 0.1) is 12.7 Å². The average Bonchev–Trinajstić information content (AvgIpc) is 3.02. The lowest BCUT2D eigenvalue weighted by Crippen LogP contribution is -2.30. The molecule has 2 aromatic carbocycles. The average molecular weight is 340 g/mol. The van der Waals surface area contributed by atoms with Crippen molar-refractivity contribution in [2.45, 2.75) is 20.4 Å². The molecule has 4 nitrogen and oxygen atoms in total. The molecular weight excluding hydrogens is 319 g/mol. The summed E-state index contributed by atoms with van der Waals surface area (Å²) in [6, 6.07) is 12.6. The fourth-order valence-corrected chi connectivity index (χ4v) is 2.89. The molecule has 3 aromatic rings. The largest absolute Gasteiger partial charge is 0.494 e. The number of benzene rings is 2. The Labute approximate surface area is 146 Å². The van der Waals surface area contributed by atoms with Gasteiger partial charge in [0, 0.05) is 24.0 Å². The van der Waals surface area contributed by atoms with Gasteiger partial charge in [0.05, 0.1) is 7.11 Å². The monoisotopic (exact) mass is 340 g/mol. The molecule has 0 aliphatic heterocycles. The van der Waals surface area contributed by atoms with Gasteiger partial charge in [-0.25, -0.2) is 4.39 Å². The van der Waals surface area contributed by atoms with Gasteiger partial charge in [0.1, 0.15) is 5.69 Å². The molecule has 1 aromatic heterocycles. The third-order valence-electron chi connectivity index (χ3n) is 4.27. The molecule has 0 aliphatic carbocycles. The zero-order valence-corrected chi connectivity index (χ0v) is 14.6. The van der Waals surface area contributed by atoms with Crippen LogP contribution in [0.15, 0.2) is 42.5 Å². The lowest BCUT2D eigenvalue weighted by atomic mass is 10.1. The molecule has 0 atom stereocenters. The summed E-state index contributed by atoms with van der Waals surface area (Å²) >= 11 is 0. The van der Waals surface area contributed by atoms with E-state index in [1.54, 1.807) is 17.0 Å². The van der Waals surface area contributed by atoms with E-state index in [1.807, 2.05) is 38.1 Å². The number of fused-ring (bicyclic) bond motifs is 1. The molecule has 1 heterocycles. The van der Waals surface area contributed by atoms with E-state index in [2.05, 4.69) is 4.98 Å². The molecule has 0 radical (unpaired) electrons. The van der Waals surface area contributed by atoms with Crippen molar-refractivity contribution in [3.05, 3.63) is 65.1 Å². The van der Waals surface area contributed by atoms with Crippen LogP contribution in [0.3, 0.4) is 0 Å². The van der Waals surface area contributed by atoms with Crippen LogP contribution in [-0.2, 0) is 6.54 Å². The van der Waals surface area contributed by atoms with E-state index in [9.17, 15) is 9.18 Å². The van der Waals surface area contributed by atoms with Gasteiger partial charge >= 0.3 is 0 Å². The minimum atomic E-state index is -0.426. The topological polar surface area (TPSA) is 45.3 Å². The predicted molar refractivity (Wildman–Crippen MR) is 96.4 cm³/mol. The smallest absolute Gasteiger partial charge is 0.270 e. The van der Waals surface area contributed by atoms with E-state index in [0.29, 0.717) is 18.8 Å². The zero-order chi connectivity index (χ0) is 18.0. The first-order valence-electron chi connectivity index (χ1n) is 8.23. The number of amides is 1. The summed E-state index contributed by atoms with van der Waals surface area (Å²) in [6.07, 6.45) is 0. The fraction of sp³-hybridized carbons (Fsp3) is 0.250. The number of aryl methyl sites for hydroxylation is 1. The van der Waals surface area contributed by atoms with E-state index in [4.69, 9.17) is 4.74 Å². The first kappa shape index (κ1) is 17.0. The van der Waals surface area contributed by atoms with Crippen LogP contribution in [0.25, 0.3) is 10.9 Å². The number of hydrogen-bond acceptors (Lipinski definition) is 2. The van der Waals surface area contributed by atoms with Crippen LogP contribution in [0.2, 0.25) is 0 Å². The number of halogens is 1. The first-order chi connectivity index (χ1) is 12.0. The van der Waals surface area contributed by atoms with E-state index >= 15 is 0 Å². The van der Waals surface area contributed by atoms with Crippen molar-refractivity contribution < 1.29 is 13.9 Å². The third-order valence-corrected chi connectivity index (χ3v) is 4.27. The molecule has 3 rings (SSSR count). The number of H-pyrrole nitrogens is 1. The number of aromatic nitrogens is 1. The second kappa shape index (κ2) is 6.97. The number of aromatic amines is 1. The summed E-state index contributed by atoms with van der Waals surface area (Å²) in [5, 5.41) is 1.01. The van der Waals surface area contributed by atoms with Crippen molar-refractivity contribution in [1.29, 1.82) is 0 Å².